The number of carbonyl (C=O) groups excluding carboxylic acids is 2. The van der Waals surface area contributed by atoms with E-state index in [9.17, 15) is 9.59 Å². The van der Waals surface area contributed by atoms with Crippen LogP contribution >= 0.6 is 0 Å². The van der Waals surface area contributed by atoms with Gasteiger partial charge in [-0.05, 0) is 49.3 Å². The first kappa shape index (κ1) is 22.4. The van der Waals surface area contributed by atoms with Crippen LogP contribution in [0.4, 0.5) is 0 Å². The molecular formula is C23H31N3O3. The highest BCUT2D eigenvalue weighted by Gasteiger charge is 2.17. The number of rotatable bonds is 11. The van der Waals surface area contributed by atoms with E-state index in [1.165, 1.54) is 5.56 Å². The van der Waals surface area contributed by atoms with E-state index in [-0.39, 0.29) is 24.4 Å². The summed E-state index contributed by atoms with van der Waals surface area (Å²) < 4.78 is 5.08. The van der Waals surface area contributed by atoms with Gasteiger partial charge >= 0.3 is 0 Å². The van der Waals surface area contributed by atoms with Crippen molar-refractivity contribution in [2.75, 3.05) is 33.3 Å². The second-order valence-electron chi connectivity index (χ2n) is 6.78. The highest BCUT2D eigenvalue weighted by molar-refractivity contribution is 5.96. The zero-order chi connectivity index (χ0) is 21.1. The molecule has 0 radical (unpaired) electrons. The van der Waals surface area contributed by atoms with Crippen molar-refractivity contribution in [2.45, 2.75) is 26.3 Å². The average Bonchev–Trinajstić information content (AvgIpc) is 2.77. The molecule has 2 amide bonds. The van der Waals surface area contributed by atoms with Gasteiger partial charge in [0.05, 0.1) is 13.7 Å². The summed E-state index contributed by atoms with van der Waals surface area (Å²) in [5, 5.41) is 5.62. The Bertz CT molecular complexity index is 759. The molecular weight excluding hydrogens is 366 g/mol. The zero-order valence-electron chi connectivity index (χ0n) is 17.5. The lowest BCUT2D eigenvalue weighted by atomic mass is 10.0. The Morgan fingerprint density at radius 2 is 1.62 bits per heavy atom. The van der Waals surface area contributed by atoms with Gasteiger partial charge in [-0.15, -0.1) is 0 Å². The Morgan fingerprint density at radius 3 is 2.21 bits per heavy atom. The van der Waals surface area contributed by atoms with Crippen LogP contribution in [0.5, 0.6) is 5.75 Å². The largest absolute Gasteiger partial charge is 0.497 e. The minimum atomic E-state index is -0.285. The number of nitrogens with one attached hydrogen (secondary N) is 2. The topological polar surface area (TPSA) is 70.7 Å². The first-order valence-electron chi connectivity index (χ1n) is 10.0. The molecule has 0 aliphatic heterocycles. The molecule has 2 rings (SSSR count). The van der Waals surface area contributed by atoms with Crippen LogP contribution in [0, 0.1) is 0 Å². The van der Waals surface area contributed by atoms with Crippen molar-refractivity contribution < 1.29 is 14.3 Å². The molecule has 1 atom stereocenters. The van der Waals surface area contributed by atoms with Crippen molar-refractivity contribution >= 4 is 11.8 Å². The fourth-order valence-electron chi connectivity index (χ4n) is 3.26. The minimum Gasteiger partial charge on any atom is -0.497 e. The van der Waals surface area contributed by atoms with E-state index in [0.717, 1.165) is 19.5 Å². The highest BCUT2D eigenvalue weighted by Crippen LogP contribution is 2.11. The van der Waals surface area contributed by atoms with Gasteiger partial charge in [0.1, 0.15) is 5.75 Å². The maximum Gasteiger partial charge on any atom is 0.251 e. The Hall–Kier alpha value is -2.86. The predicted octanol–water partition coefficient (Wildman–Crippen LogP) is 2.49. The second-order valence-corrected chi connectivity index (χ2v) is 6.78. The molecule has 1 unspecified atom stereocenters. The molecule has 156 valence electrons. The standard InChI is InChI=1S/C23H31N3O3/c1-4-26(5-2)20(15-18-9-7-6-8-10-18)16-24-22(27)17-25-23(28)19-11-13-21(29-3)14-12-19/h6-14,20H,4-5,15-17H2,1-3H3,(H,24,27)(H,25,28). The van der Waals surface area contributed by atoms with Gasteiger partial charge in [0.2, 0.25) is 5.91 Å². The third-order valence-corrected chi connectivity index (χ3v) is 4.94. The SMILES string of the molecule is CCN(CC)C(CNC(=O)CNC(=O)c1ccc(OC)cc1)Cc1ccccc1. The molecule has 29 heavy (non-hydrogen) atoms. The van der Waals surface area contributed by atoms with Crippen molar-refractivity contribution in [3.8, 4) is 5.75 Å². The lowest BCUT2D eigenvalue weighted by Crippen LogP contribution is -2.47. The maximum absolute atomic E-state index is 12.3. The van der Waals surface area contributed by atoms with Crippen molar-refractivity contribution in [2.24, 2.45) is 0 Å². The third kappa shape index (κ3) is 7.23. The van der Waals surface area contributed by atoms with Gasteiger partial charge in [-0.25, -0.2) is 0 Å². The highest BCUT2D eigenvalue weighted by atomic mass is 16.5. The molecule has 6 nitrogen and oxygen atoms in total. The molecule has 2 N–H and O–H groups in total. The summed E-state index contributed by atoms with van der Waals surface area (Å²) >= 11 is 0. The van der Waals surface area contributed by atoms with Crippen LogP contribution < -0.4 is 15.4 Å². The maximum atomic E-state index is 12.3. The summed E-state index contributed by atoms with van der Waals surface area (Å²) in [4.78, 5) is 26.8. The molecule has 2 aromatic carbocycles. The third-order valence-electron chi connectivity index (χ3n) is 4.94. The van der Waals surface area contributed by atoms with E-state index in [1.54, 1.807) is 31.4 Å². The number of benzene rings is 2. The molecule has 0 aromatic heterocycles. The number of hydrogen-bond donors (Lipinski definition) is 2. The number of nitrogens with zero attached hydrogens (tertiary/aromatic N) is 1. The smallest absolute Gasteiger partial charge is 0.251 e. The van der Waals surface area contributed by atoms with E-state index >= 15 is 0 Å². The van der Waals surface area contributed by atoms with Gasteiger partial charge in [0, 0.05) is 18.2 Å². The van der Waals surface area contributed by atoms with Crippen LogP contribution in [0.1, 0.15) is 29.8 Å². The molecule has 0 fully saturated rings. The molecule has 0 saturated heterocycles. The van der Waals surface area contributed by atoms with Gasteiger partial charge in [-0.2, -0.15) is 0 Å². The molecule has 0 heterocycles. The van der Waals surface area contributed by atoms with Crippen molar-refractivity contribution in [3.05, 3.63) is 65.7 Å². The summed E-state index contributed by atoms with van der Waals surface area (Å²) in [7, 11) is 1.57. The van der Waals surface area contributed by atoms with Gasteiger partial charge in [-0.3, -0.25) is 14.5 Å². The van der Waals surface area contributed by atoms with Crippen LogP contribution in [0.25, 0.3) is 0 Å². The lowest BCUT2D eigenvalue weighted by Gasteiger charge is -2.30. The van der Waals surface area contributed by atoms with Crippen molar-refractivity contribution in [3.63, 3.8) is 0 Å². The van der Waals surface area contributed by atoms with Gasteiger partial charge in [-0.1, -0.05) is 44.2 Å². The van der Waals surface area contributed by atoms with Gasteiger partial charge in [0.25, 0.3) is 5.91 Å². The summed E-state index contributed by atoms with van der Waals surface area (Å²) in [5.74, 6) is 0.199. The first-order valence-corrected chi connectivity index (χ1v) is 10.0. The second kappa shape index (κ2) is 11.9. The fraction of sp³-hybridized carbons (Fsp3) is 0.391. The Morgan fingerprint density at radius 1 is 0.966 bits per heavy atom. The van der Waals surface area contributed by atoms with Gasteiger partial charge in [0.15, 0.2) is 0 Å². The van der Waals surface area contributed by atoms with Crippen molar-refractivity contribution in [1.82, 2.24) is 15.5 Å². The molecule has 0 aliphatic carbocycles. The fourth-order valence-corrected chi connectivity index (χ4v) is 3.26. The minimum absolute atomic E-state index is 0.0544. The normalized spacial score (nSPS) is 11.7. The molecule has 0 aliphatic rings. The van der Waals surface area contributed by atoms with Crippen LogP contribution in [-0.4, -0.2) is 56.0 Å². The monoisotopic (exact) mass is 397 g/mol. The van der Waals surface area contributed by atoms with Crippen LogP contribution in [0.3, 0.4) is 0 Å². The van der Waals surface area contributed by atoms with Crippen LogP contribution in [0.15, 0.2) is 54.6 Å². The Balaban J connectivity index is 1.85. The molecule has 6 heteroatoms. The average molecular weight is 398 g/mol. The van der Waals surface area contributed by atoms with E-state index in [1.807, 2.05) is 18.2 Å². The number of likely N-dealkylation sites (N-methyl/N-ethyl adjacent to an activating group) is 1. The quantitative estimate of drug-likeness (QED) is 0.611. The van der Waals surface area contributed by atoms with E-state index < -0.39 is 0 Å². The van der Waals surface area contributed by atoms with Crippen LogP contribution in [-0.2, 0) is 11.2 Å². The predicted molar refractivity (Wildman–Crippen MR) is 115 cm³/mol. The summed E-state index contributed by atoms with van der Waals surface area (Å²) in [6.45, 7) is 6.56. The molecule has 0 bridgehead atoms. The number of ether oxygens (including phenoxy) is 1. The number of amides is 2. The molecule has 2 aromatic rings. The summed E-state index contributed by atoms with van der Waals surface area (Å²) in [6, 6.07) is 17.2. The zero-order valence-corrected chi connectivity index (χ0v) is 17.5. The molecule has 0 spiro atoms. The van der Waals surface area contributed by atoms with Crippen LogP contribution in [0.2, 0.25) is 0 Å². The Kier molecular flexibility index (Phi) is 9.18. The lowest BCUT2D eigenvalue weighted by molar-refractivity contribution is -0.120. The number of carbonyl (C=O) groups is 2. The number of hydrogen-bond acceptors (Lipinski definition) is 4. The van der Waals surface area contributed by atoms with E-state index in [2.05, 4.69) is 41.5 Å². The van der Waals surface area contributed by atoms with Gasteiger partial charge < -0.3 is 15.4 Å². The van der Waals surface area contributed by atoms with Crippen molar-refractivity contribution in [1.29, 1.82) is 0 Å². The van der Waals surface area contributed by atoms with E-state index in [4.69, 9.17) is 4.74 Å². The summed E-state index contributed by atoms with van der Waals surface area (Å²) in [5.41, 5.74) is 1.73. The molecule has 0 saturated carbocycles. The Labute approximate surface area is 173 Å². The summed E-state index contributed by atoms with van der Waals surface area (Å²) in [6.07, 6.45) is 0.862. The number of methoxy groups -OCH3 is 1. The first-order chi connectivity index (χ1) is 14.1. The van der Waals surface area contributed by atoms with E-state index in [0.29, 0.717) is 17.9 Å².